The molecule has 0 aliphatic carbocycles. The van der Waals surface area contributed by atoms with Gasteiger partial charge in [0.15, 0.2) is 0 Å². The van der Waals surface area contributed by atoms with Gasteiger partial charge in [-0.1, -0.05) is 97.1 Å². The molecule has 9 rings (SSSR count). The third-order valence-corrected chi connectivity index (χ3v) is 9.41. The van der Waals surface area contributed by atoms with E-state index in [0.717, 1.165) is 22.7 Å². The van der Waals surface area contributed by atoms with E-state index in [2.05, 4.69) is 197 Å². The van der Waals surface area contributed by atoms with Gasteiger partial charge in [-0.25, -0.2) is 0 Å². The van der Waals surface area contributed by atoms with E-state index < -0.39 is 0 Å². The first-order chi connectivity index (χ1) is 23.3. The van der Waals surface area contributed by atoms with Crippen LogP contribution in [0.1, 0.15) is 5.56 Å². The van der Waals surface area contributed by atoms with Gasteiger partial charge in [0.1, 0.15) is 0 Å². The first-order valence-corrected chi connectivity index (χ1v) is 16.2. The van der Waals surface area contributed by atoms with Crippen molar-refractivity contribution in [3.63, 3.8) is 0 Å². The molecule has 0 aromatic heterocycles. The molecule has 0 saturated heterocycles. The van der Waals surface area contributed by atoms with Crippen molar-refractivity contribution in [1.29, 1.82) is 0 Å². The van der Waals surface area contributed by atoms with Gasteiger partial charge in [-0.15, -0.1) is 0 Å². The molecule has 4 heteroatoms. The van der Waals surface area contributed by atoms with E-state index in [1.54, 1.807) is 0 Å². The van der Waals surface area contributed by atoms with Crippen molar-refractivity contribution < 1.29 is 0 Å². The van der Waals surface area contributed by atoms with Crippen molar-refractivity contribution in [1.82, 2.24) is 0 Å². The summed E-state index contributed by atoms with van der Waals surface area (Å²) in [7, 11) is 0. The molecule has 0 atom stereocenters. The van der Waals surface area contributed by atoms with Crippen LogP contribution in [0.5, 0.6) is 0 Å². The average molecular weight is 602 g/mol. The summed E-state index contributed by atoms with van der Waals surface area (Å²) in [6.45, 7) is 2.24. The van der Waals surface area contributed by atoms with Gasteiger partial charge >= 0.3 is 6.85 Å². The van der Waals surface area contributed by atoms with Gasteiger partial charge < -0.3 is 14.6 Å². The average Bonchev–Trinajstić information content (AvgIpc) is 3.13. The fourth-order valence-corrected chi connectivity index (χ4v) is 7.51. The number of hydrogen-bond donors (Lipinski definition) is 0. The summed E-state index contributed by atoms with van der Waals surface area (Å²) in [6.07, 6.45) is 0. The minimum Gasteiger partial charge on any atom is -0.376 e. The molecular weight excluding hydrogens is 569 g/mol. The molecule has 7 aromatic rings. The van der Waals surface area contributed by atoms with E-state index in [4.69, 9.17) is 0 Å². The van der Waals surface area contributed by atoms with Crippen molar-refractivity contribution in [2.75, 3.05) is 14.6 Å². The van der Waals surface area contributed by atoms with Gasteiger partial charge in [0.05, 0.1) is 0 Å². The van der Waals surface area contributed by atoms with Gasteiger partial charge in [-0.2, -0.15) is 0 Å². The van der Waals surface area contributed by atoms with Gasteiger partial charge in [-0.3, -0.25) is 0 Å². The van der Waals surface area contributed by atoms with Crippen LogP contribution < -0.4 is 25.5 Å². The molecule has 0 radical (unpaired) electrons. The number of nitrogens with zero attached hydrogens (tertiary/aromatic N) is 3. The summed E-state index contributed by atoms with van der Waals surface area (Å²) in [5.41, 5.74) is 15.7. The van der Waals surface area contributed by atoms with Crippen LogP contribution in [-0.4, -0.2) is 6.85 Å². The molecule has 47 heavy (non-hydrogen) atoms. The summed E-state index contributed by atoms with van der Waals surface area (Å²) in [4.78, 5) is 7.36. The molecule has 7 aromatic carbocycles. The quantitative estimate of drug-likeness (QED) is 0.182. The first kappa shape index (κ1) is 27.3. The number of fused-ring (bicyclic) bond motifs is 4. The predicted octanol–water partition coefficient (Wildman–Crippen LogP) is 10.2. The molecule has 0 unspecified atom stereocenters. The SMILES string of the molecule is Cc1cc2c3c(c1)N(c1ccccc1)c1ccccc1B3N(c1ccccc1)c1ccc(N(c3ccccc3)c3ccccc3)cc1-2. The number of para-hydroxylation sites is 5. The van der Waals surface area contributed by atoms with Crippen LogP contribution in [0.2, 0.25) is 0 Å². The third kappa shape index (κ3) is 4.45. The van der Waals surface area contributed by atoms with Crippen molar-refractivity contribution in [3.05, 3.63) is 181 Å². The van der Waals surface area contributed by atoms with Crippen molar-refractivity contribution >= 4 is 63.3 Å². The highest BCUT2D eigenvalue weighted by Crippen LogP contribution is 2.48. The Morgan fingerprint density at radius 3 is 1.68 bits per heavy atom. The number of benzene rings is 7. The Bertz CT molecular complexity index is 2180. The highest BCUT2D eigenvalue weighted by molar-refractivity contribution is 6.93. The summed E-state index contributed by atoms with van der Waals surface area (Å²) >= 11 is 0. The minimum absolute atomic E-state index is 0.0110. The molecule has 2 aliphatic heterocycles. The van der Waals surface area contributed by atoms with Crippen LogP contribution >= 0.6 is 0 Å². The van der Waals surface area contributed by atoms with Gasteiger partial charge in [0, 0.05) is 51.1 Å². The van der Waals surface area contributed by atoms with Gasteiger partial charge in [0.25, 0.3) is 0 Å². The summed E-state index contributed by atoms with van der Waals surface area (Å²) in [5, 5.41) is 0. The van der Waals surface area contributed by atoms with E-state index in [1.165, 1.54) is 50.4 Å². The van der Waals surface area contributed by atoms with Crippen LogP contribution in [-0.2, 0) is 0 Å². The fraction of sp³-hybridized carbons (Fsp3) is 0.0233. The molecule has 0 spiro atoms. The molecule has 0 N–H and O–H groups in total. The van der Waals surface area contributed by atoms with Crippen LogP contribution in [0.4, 0.5) is 45.5 Å². The lowest BCUT2D eigenvalue weighted by atomic mass is 9.43. The second-order valence-corrected chi connectivity index (χ2v) is 12.3. The zero-order valence-electron chi connectivity index (χ0n) is 26.2. The van der Waals surface area contributed by atoms with E-state index in [9.17, 15) is 0 Å². The van der Waals surface area contributed by atoms with Crippen LogP contribution in [0.25, 0.3) is 11.1 Å². The Balaban J connectivity index is 1.35. The molecule has 222 valence electrons. The topological polar surface area (TPSA) is 9.72 Å². The Hall–Kier alpha value is -6.00. The first-order valence-electron chi connectivity index (χ1n) is 16.2. The van der Waals surface area contributed by atoms with E-state index >= 15 is 0 Å². The minimum atomic E-state index is 0.0110. The second-order valence-electron chi connectivity index (χ2n) is 12.3. The van der Waals surface area contributed by atoms with E-state index in [-0.39, 0.29) is 6.85 Å². The molecule has 0 amide bonds. The van der Waals surface area contributed by atoms with E-state index in [1.807, 2.05) is 0 Å². The highest BCUT2D eigenvalue weighted by Gasteiger charge is 2.45. The maximum Gasteiger partial charge on any atom is 0.333 e. The molecule has 3 nitrogen and oxygen atoms in total. The number of rotatable bonds is 5. The maximum atomic E-state index is 2.55. The zero-order valence-corrected chi connectivity index (χ0v) is 26.2. The lowest BCUT2D eigenvalue weighted by Gasteiger charge is -2.46. The lowest BCUT2D eigenvalue weighted by Crippen LogP contribution is -2.61. The largest absolute Gasteiger partial charge is 0.376 e. The van der Waals surface area contributed by atoms with Crippen LogP contribution in [0.15, 0.2) is 176 Å². The molecule has 0 saturated carbocycles. The molecule has 0 bridgehead atoms. The Labute approximate surface area is 276 Å². The zero-order chi connectivity index (χ0) is 31.3. The van der Waals surface area contributed by atoms with Crippen molar-refractivity contribution in [2.24, 2.45) is 0 Å². The molecular formula is C43H32BN3. The fourth-order valence-electron chi connectivity index (χ4n) is 7.51. The van der Waals surface area contributed by atoms with E-state index in [0.29, 0.717) is 0 Å². The van der Waals surface area contributed by atoms with Gasteiger partial charge in [0.2, 0.25) is 0 Å². The molecule has 0 fully saturated rings. The summed E-state index contributed by atoms with van der Waals surface area (Å²) in [6, 6.07) is 63.7. The number of aryl methyl sites for hydroxylation is 1. The third-order valence-electron chi connectivity index (χ3n) is 9.41. The normalized spacial score (nSPS) is 12.7. The van der Waals surface area contributed by atoms with Crippen LogP contribution in [0.3, 0.4) is 0 Å². The number of anilines is 8. The molecule has 2 aliphatic rings. The Kier molecular flexibility index (Phi) is 6.46. The number of hydrogen-bond acceptors (Lipinski definition) is 3. The second kappa shape index (κ2) is 11.1. The maximum absolute atomic E-state index is 2.55. The monoisotopic (exact) mass is 601 g/mol. The molecule has 2 heterocycles. The summed E-state index contributed by atoms with van der Waals surface area (Å²) in [5.74, 6) is 0. The smallest absolute Gasteiger partial charge is 0.333 e. The Morgan fingerprint density at radius 1 is 0.447 bits per heavy atom. The summed E-state index contributed by atoms with van der Waals surface area (Å²) < 4.78 is 0. The Morgan fingerprint density at radius 2 is 1.02 bits per heavy atom. The highest BCUT2D eigenvalue weighted by atomic mass is 15.2. The standard InChI is InChI=1S/C43H32BN3/c1-31-28-38-37-30-36(45(32-16-6-2-7-17-32)33-18-8-3-9-19-33)26-27-40(37)47(35-22-12-5-13-23-35)44-39-24-14-15-25-41(39)46(42(29-31)43(38)44)34-20-10-4-11-21-34/h2-30H,1H3. The van der Waals surface area contributed by atoms with Crippen molar-refractivity contribution in [3.8, 4) is 11.1 Å². The predicted molar refractivity (Wildman–Crippen MR) is 200 cm³/mol. The van der Waals surface area contributed by atoms with Gasteiger partial charge in [-0.05, 0) is 108 Å². The van der Waals surface area contributed by atoms with Crippen molar-refractivity contribution in [2.45, 2.75) is 6.92 Å². The van der Waals surface area contributed by atoms with Crippen LogP contribution in [0, 0.1) is 6.92 Å². The lowest BCUT2D eigenvalue weighted by molar-refractivity contribution is 1.25.